The molecule has 17 heavy (non-hydrogen) atoms. The molecule has 1 heterocycles. The van der Waals surface area contributed by atoms with Crippen molar-refractivity contribution in [3.05, 3.63) is 55.1 Å². The van der Waals surface area contributed by atoms with E-state index in [0.717, 1.165) is 23.5 Å². The highest BCUT2D eigenvalue weighted by atomic mass is 79.9. The number of hydrogen-bond acceptors (Lipinski definition) is 2. The summed E-state index contributed by atoms with van der Waals surface area (Å²) >= 11 is 9.77. The first-order valence-electron chi connectivity index (χ1n) is 4.57. The van der Waals surface area contributed by atoms with Gasteiger partial charge in [-0.3, -0.25) is 0 Å². The predicted octanol–water partition coefficient (Wildman–Crippen LogP) is 4.52. The number of thiophene rings is 1. The molecule has 1 aromatic heterocycles. The minimum Gasteiger partial charge on any atom is -0.383 e. The van der Waals surface area contributed by atoms with E-state index >= 15 is 0 Å². The Bertz CT molecular complexity index is 535. The van der Waals surface area contributed by atoms with E-state index in [0.29, 0.717) is 9.21 Å². The van der Waals surface area contributed by atoms with Crippen LogP contribution in [0.1, 0.15) is 16.5 Å². The Labute approximate surface area is 114 Å². The highest BCUT2D eigenvalue weighted by molar-refractivity contribution is 9.10. The van der Waals surface area contributed by atoms with E-state index in [1.54, 1.807) is 12.1 Å². The summed E-state index contributed by atoms with van der Waals surface area (Å²) in [6.07, 6.45) is -1.35. The van der Waals surface area contributed by atoms with Gasteiger partial charge in [0.25, 0.3) is 0 Å². The Morgan fingerprint density at radius 3 is 2.29 bits per heavy atom. The first-order valence-corrected chi connectivity index (χ1v) is 6.55. The van der Waals surface area contributed by atoms with Gasteiger partial charge in [-0.05, 0) is 24.3 Å². The Morgan fingerprint density at radius 2 is 1.82 bits per heavy atom. The number of hydrogen-bond donors (Lipinski definition) is 1. The van der Waals surface area contributed by atoms with Gasteiger partial charge in [0.1, 0.15) is 17.7 Å². The van der Waals surface area contributed by atoms with Crippen LogP contribution in [-0.2, 0) is 0 Å². The van der Waals surface area contributed by atoms with E-state index in [-0.39, 0.29) is 10.0 Å². The van der Waals surface area contributed by atoms with E-state index in [1.165, 1.54) is 0 Å². The highest BCUT2D eigenvalue weighted by Crippen LogP contribution is 2.34. The second-order valence-electron chi connectivity index (χ2n) is 3.33. The van der Waals surface area contributed by atoms with Crippen molar-refractivity contribution in [2.45, 2.75) is 6.10 Å². The standard InChI is InChI=1S/C11H6BrClF2OS/c12-5-3-6(14)10(7(15)4-5)11(16)8-1-2-9(13)17-8/h1-4,11,16H. The second kappa shape index (κ2) is 5.02. The number of halogens is 4. The van der Waals surface area contributed by atoms with Gasteiger partial charge in [-0.15, -0.1) is 11.3 Å². The predicted molar refractivity (Wildman–Crippen MR) is 67.4 cm³/mol. The lowest BCUT2D eigenvalue weighted by atomic mass is 10.1. The minimum atomic E-state index is -1.35. The molecule has 0 bridgehead atoms. The van der Waals surface area contributed by atoms with Crippen LogP contribution in [0.25, 0.3) is 0 Å². The van der Waals surface area contributed by atoms with Crippen LogP contribution in [0.4, 0.5) is 8.78 Å². The van der Waals surface area contributed by atoms with Gasteiger partial charge < -0.3 is 5.11 Å². The molecule has 6 heteroatoms. The minimum absolute atomic E-state index is 0.285. The van der Waals surface area contributed by atoms with E-state index in [1.807, 2.05) is 0 Å². The van der Waals surface area contributed by atoms with Crippen LogP contribution in [0.15, 0.2) is 28.7 Å². The Balaban J connectivity index is 2.47. The third-order valence-corrected chi connectivity index (χ3v) is 3.92. The molecule has 2 rings (SSSR count). The fourth-order valence-corrected chi connectivity index (χ4v) is 2.89. The SMILES string of the molecule is OC(c1ccc(Cl)s1)c1c(F)cc(Br)cc1F. The van der Waals surface area contributed by atoms with Gasteiger partial charge in [0.2, 0.25) is 0 Å². The topological polar surface area (TPSA) is 20.2 Å². The summed E-state index contributed by atoms with van der Waals surface area (Å²) in [5.41, 5.74) is -0.369. The van der Waals surface area contributed by atoms with Crippen molar-refractivity contribution in [1.29, 1.82) is 0 Å². The van der Waals surface area contributed by atoms with Crippen molar-refractivity contribution in [2.24, 2.45) is 0 Å². The lowest BCUT2D eigenvalue weighted by Crippen LogP contribution is -2.04. The summed E-state index contributed by atoms with van der Waals surface area (Å²) in [5.74, 6) is -1.59. The van der Waals surface area contributed by atoms with Crippen molar-refractivity contribution in [2.75, 3.05) is 0 Å². The van der Waals surface area contributed by atoms with Crippen molar-refractivity contribution in [1.82, 2.24) is 0 Å². The van der Waals surface area contributed by atoms with Crippen molar-refractivity contribution >= 4 is 38.9 Å². The summed E-state index contributed by atoms with van der Waals surface area (Å²) in [7, 11) is 0. The Kier molecular flexibility index (Phi) is 3.82. The summed E-state index contributed by atoms with van der Waals surface area (Å²) in [6.45, 7) is 0. The fraction of sp³-hybridized carbons (Fsp3) is 0.0909. The van der Waals surface area contributed by atoms with Gasteiger partial charge in [0, 0.05) is 9.35 Å². The van der Waals surface area contributed by atoms with Crippen LogP contribution < -0.4 is 0 Å². The average molecular weight is 340 g/mol. The number of aliphatic hydroxyl groups is 1. The van der Waals surface area contributed by atoms with Crippen LogP contribution in [0, 0.1) is 11.6 Å². The van der Waals surface area contributed by atoms with E-state index in [4.69, 9.17) is 11.6 Å². The summed E-state index contributed by atoms with van der Waals surface area (Å²) in [5, 5.41) is 9.91. The van der Waals surface area contributed by atoms with Crippen LogP contribution >= 0.6 is 38.9 Å². The lowest BCUT2D eigenvalue weighted by molar-refractivity contribution is 0.212. The smallest absolute Gasteiger partial charge is 0.133 e. The normalized spacial score (nSPS) is 12.8. The molecule has 1 nitrogen and oxygen atoms in total. The molecule has 0 aliphatic rings. The van der Waals surface area contributed by atoms with Crippen LogP contribution in [0.3, 0.4) is 0 Å². The molecule has 0 spiro atoms. The maximum Gasteiger partial charge on any atom is 0.133 e. The van der Waals surface area contributed by atoms with Gasteiger partial charge in [-0.25, -0.2) is 8.78 Å². The van der Waals surface area contributed by atoms with Crippen molar-refractivity contribution in [3.8, 4) is 0 Å². The zero-order chi connectivity index (χ0) is 12.6. The molecule has 1 N–H and O–H groups in total. The number of aliphatic hydroxyl groups excluding tert-OH is 1. The van der Waals surface area contributed by atoms with Crippen LogP contribution in [0.2, 0.25) is 4.34 Å². The Hall–Kier alpha value is -0.490. The maximum absolute atomic E-state index is 13.6. The number of benzene rings is 1. The molecule has 0 aliphatic heterocycles. The van der Waals surface area contributed by atoms with E-state index in [9.17, 15) is 13.9 Å². The summed E-state index contributed by atoms with van der Waals surface area (Å²) in [4.78, 5) is 0.398. The maximum atomic E-state index is 13.6. The molecule has 2 aromatic rings. The molecule has 1 aromatic carbocycles. The third-order valence-electron chi connectivity index (χ3n) is 2.18. The highest BCUT2D eigenvalue weighted by Gasteiger charge is 2.21. The first kappa shape index (κ1) is 13.0. The fourth-order valence-electron chi connectivity index (χ4n) is 1.43. The molecule has 0 saturated heterocycles. The molecule has 1 unspecified atom stereocenters. The van der Waals surface area contributed by atoms with E-state index < -0.39 is 17.7 Å². The van der Waals surface area contributed by atoms with E-state index in [2.05, 4.69) is 15.9 Å². The van der Waals surface area contributed by atoms with Gasteiger partial charge in [0.05, 0.1) is 9.90 Å². The molecular weight excluding hydrogens is 334 g/mol. The molecule has 0 aliphatic carbocycles. The quantitative estimate of drug-likeness (QED) is 0.852. The molecule has 0 fully saturated rings. The zero-order valence-corrected chi connectivity index (χ0v) is 11.4. The molecule has 0 saturated carbocycles. The summed E-state index contributed by atoms with van der Waals surface area (Å²) in [6, 6.07) is 5.33. The van der Waals surface area contributed by atoms with Gasteiger partial charge in [0.15, 0.2) is 0 Å². The zero-order valence-electron chi connectivity index (χ0n) is 8.25. The van der Waals surface area contributed by atoms with Crippen molar-refractivity contribution in [3.63, 3.8) is 0 Å². The molecule has 0 radical (unpaired) electrons. The van der Waals surface area contributed by atoms with Gasteiger partial charge in [-0.1, -0.05) is 27.5 Å². The molecular formula is C11H6BrClF2OS. The Morgan fingerprint density at radius 1 is 1.24 bits per heavy atom. The third kappa shape index (κ3) is 2.68. The van der Waals surface area contributed by atoms with Gasteiger partial charge >= 0.3 is 0 Å². The number of rotatable bonds is 2. The molecule has 1 atom stereocenters. The van der Waals surface area contributed by atoms with Crippen molar-refractivity contribution < 1.29 is 13.9 Å². The van der Waals surface area contributed by atoms with Crippen LogP contribution in [0.5, 0.6) is 0 Å². The lowest BCUT2D eigenvalue weighted by Gasteiger charge is -2.11. The average Bonchev–Trinajstić information content (AvgIpc) is 2.63. The monoisotopic (exact) mass is 338 g/mol. The largest absolute Gasteiger partial charge is 0.383 e. The molecule has 0 amide bonds. The first-order chi connectivity index (χ1) is 7.99. The summed E-state index contributed by atoms with van der Waals surface area (Å²) < 4.78 is 27.9. The molecule has 90 valence electrons. The second-order valence-corrected chi connectivity index (χ2v) is 5.99. The van der Waals surface area contributed by atoms with Gasteiger partial charge in [-0.2, -0.15) is 0 Å². The van der Waals surface area contributed by atoms with Crippen LogP contribution in [-0.4, -0.2) is 5.11 Å².